The summed E-state index contributed by atoms with van der Waals surface area (Å²) in [7, 11) is -3.34. The predicted octanol–water partition coefficient (Wildman–Crippen LogP) is 0.857. The van der Waals surface area contributed by atoms with Gasteiger partial charge in [0.25, 0.3) is 0 Å². The molecule has 0 amide bonds. The van der Waals surface area contributed by atoms with E-state index in [9.17, 15) is 8.42 Å². The number of hydrogen-bond acceptors (Lipinski definition) is 4. The van der Waals surface area contributed by atoms with E-state index < -0.39 is 14.7 Å². The lowest BCUT2D eigenvalue weighted by molar-refractivity contribution is 0.105. The molecule has 2 aliphatic rings. The lowest BCUT2D eigenvalue weighted by atomic mass is 10.2. The summed E-state index contributed by atoms with van der Waals surface area (Å²) in [6, 6.07) is 7.05. The molecule has 1 aromatic carbocycles. The van der Waals surface area contributed by atoms with Gasteiger partial charge in [0.05, 0.1) is 11.5 Å². The SMILES string of the molecule is Cc1ccc(S(=O)(=O)C23COCCC2N3)cc1. The fourth-order valence-corrected chi connectivity index (χ4v) is 4.34. The first kappa shape index (κ1) is 11.2. The monoisotopic (exact) mass is 253 g/mol. The Kier molecular flexibility index (Phi) is 2.33. The van der Waals surface area contributed by atoms with E-state index in [2.05, 4.69) is 5.32 Å². The maximum Gasteiger partial charge on any atom is 0.201 e. The molecule has 5 heteroatoms. The fourth-order valence-electron chi connectivity index (χ4n) is 2.40. The quantitative estimate of drug-likeness (QED) is 0.794. The zero-order chi connectivity index (χ0) is 12.1. The Hall–Kier alpha value is -0.910. The van der Waals surface area contributed by atoms with Gasteiger partial charge in [0.2, 0.25) is 9.84 Å². The topological polar surface area (TPSA) is 65.3 Å². The Morgan fingerprint density at radius 2 is 2.06 bits per heavy atom. The second-order valence-electron chi connectivity index (χ2n) is 4.74. The summed E-state index contributed by atoms with van der Waals surface area (Å²) in [6.45, 7) is 2.84. The van der Waals surface area contributed by atoms with Crippen molar-refractivity contribution in [1.82, 2.24) is 5.32 Å². The molecule has 0 aliphatic carbocycles. The number of fused-ring (bicyclic) bond motifs is 1. The van der Waals surface area contributed by atoms with Crippen molar-refractivity contribution in [2.75, 3.05) is 13.2 Å². The molecule has 1 N–H and O–H groups in total. The molecular formula is C12H15NO3S. The fraction of sp³-hybridized carbons (Fsp3) is 0.500. The Morgan fingerprint density at radius 1 is 1.35 bits per heavy atom. The Bertz CT molecular complexity index is 537. The van der Waals surface area contributed by atoms with Gasteiger partial charge in [-0.2, -0.15) is 0 Å². The molecule has 2 heterocycles. The van der Waals surface area contributed by atoms with Gasteiger partial charge in [-0.15, -0.1) is 0 Å². The molecule has 0 radical (unpaired) electrons. The smallest absolute Gasteiger partial charge is 0.201 e. The van der Waals surface area contributed by atoms with Crippen molar-refractivity contribution >= 4 is 9.84 Å². The highest BCUT2D eigenvalue weighted by Gasteiger charge is 2.65. The van der Waals surface area contributed by atoms with Crippen LogP contribution in [0.4, 0.5) is 0 Å². The van der Waals surface area contributed by atoms with Crippen LogP contribution in [-0.4, -0.2) is 32.5 Å². The highest BCUT2D eigenvalue weighted by molar-refractivity contribution is 7.93. The lowest BCUT2D eigenvalue weighted by Crippen LogP contribution is -2.38. The van der Waals surface area contributed by atoms with Crippen LogP contribution in [0.25, 0.3) is 0 Å². The average molecular weight is 253 g/mol. The molecule has 0 aromatic heterocycles. The standard InChI is InChI=1S/C12H15NO3S/c1-9-2-4-10(5-3-9)17(14,15)12-8-16-7-6-11(12)13-12/h2-5,11,13H,6-8H2,1H3. The van der Waals surface area contributed by atoms with Crippen LogP contribution in [0.3, 0.4) is 0 Å². The Morgan fingerprint density at radius 3 is 2.71 bits per heavy atom. The normalized spacial score (nSPS) is 31.9. The maximum atomic E-state index is 12.5. The predicted molar refractivity (Wildman–Crippen MR) is 63.5 cm³/mol. The number of benzene rings is 1. The van der Waals surface area contributed by atoms with Crippen LogP contribution in [-0.2, 0) is 14.6 Å². The number of aryl methyl sites for hydroxylation is 1. The van der Waals surface area contributed by atoms with E-state index in [1.54, 1.807) is 12.1 Å². The van der Waals surface area contributed by atoms with E-state index >= 15 is 0 Å². The van der Waals surface area contributed by atoms with Gasteiger partial charge in [-0.3, -0.25) is 5.32 Å². The summed E-state index contributed by atoms with van der Waals surface area (Å²) in [5, 5.41) is 3.08. The zero-order valence-corrected chi connectivity index (χ0v) is 10.5. The van der Waals surface area contributed by atoms with Gasteiger partial charge in [0, 0.05) is 12.6 Å². The third kappa shape index (κ3) is 1.53. The van der Waals surface area contributed by atoms with Crippen LogP contribution in [0.5, 0.6) is 0 Å². The molecule has 0 spiro atoms. The van der Waals surface area contributed by atoms with Crippen molar-refractivity contribution in [3.05, 3.63) is 29.8 Å². The molecule has 2 saturated heterocycles. The highest BCUT2D eigenvalue weighted by atomic mass is 32.2. The van der Waals surface area contributed by atoms with Crippen molar-refractivity contribution in [1.29, 1.82) is 0 Å². The zero-order valence-electron chi connectivity index (χ0n) is 9.64. The molecule has 1 aromatic rings. The molecule has 0 saturated carbocycles. The van der Waals surface area contributed by atoms with Crippen LogP contribution in [0, 0.1) is 6.92 Å². The molecule has 17 heavy (non-hydrogen) atoms. The molecular weight excluding hydrogens is 238 g/mol. The van der Waals surface area contributed by atoms with Gasteiger partial charge in [0.1, 0.15) is 0 Å². The minimum Gasteiger partial charge on any atom is -0.378 e. The first-order valence-corrected chi connectivity index (χ1v) is 7.21. The van der Waals surface area contributed by atoms with Gasteiger partial charge < -0.3 is 4.74 Å². The molecule has 2 aliphatic heterocycles. The summed E-state index contributed by atoms with van der Waals surface area (Å²) in [5.41, 5.74) is 1.06. The summed E-state index contributed by atoms with van der Waals surface area (Å²) in [4.78, 5) is -0.482. The highest BCUT2D eigenvalue weighted by Crippen LogP contribution is 2.41. The second-order valence-corrected chi connectivity index (χ2v) is 6.95. The van der Waals surface area contributed by atoms with E-state index in [4.69, 9.17) is 4.74 Å². The summed E-state index contributed by atoms with van der Waals surface area (Å²) < 4.78 is 30.4. The molecule has 3 rings (SSSR count). The third-order valence-corrected chi connectivity index (χ3v) is 5.95. The van der Waals surface area contributed by atoms with E-state index in [1.807, 2.05) is 19.1 Å². The molecule has 2 unspecified atom stereocenters. The van der Waals surface area contributed by atoms with Crippen molar-refractivity contribution in [3.63, 3.8) is 0 Å². The molecule has 0 bridgehead atoms. The molecule has 4 nitrogen and oxygen atoms in total. The number of rotatable bonds is 2. The first-order chi connectivity index (χ1) is 8.06. The van der Waals surface area contributed by atoms with Gasteiger partial charge in [0.15, 0.2) is 4.87 Å². The summed E-state index contributed by atoms with van der Waals surface area (Å²) >= 11 is 0. The van der Waals surface area contributed by atoms with E-state index in [0.29, 0.717) is 11.5 Å². The van der Waals surface area contributed by atoms with Crippen molar-refractivity contribution in [2.45, 2.75) is 29.2 Å². The largest absolute Gasteiger partial charge is 0.378 e. The van der Waals surface area contributed by atoms with Crippen LogP contribution >= 0.6 is 0 Å². The van der Waals surface area contributed by atoms with Crippen molar-refractivity contribution in [2.24, 2.45) is 0 Å². The number of hydrogen-bond donors (Lipinski definition) is 1. The van der Waals surface area contributed by atoms with Crippen molar-refractivity contribution in [3.8, 4) is 0 Å². The molecule has 2 fully saturated rings. The van der Waals surface area contributed by atoms with Gasteiger partial charge in [-0.1, -0.05) is 17.7 Å². The van der Waals surface area contributed by atoms with Crippen LogP contribution < -0.4 is 5.32 Å². The summed E-state index contributed by atoms with van der Waals surface area (Å²) in [6.07, 6.45) is 0.769. The van der Waals surface area contributed by atoms with Gasteiger partial charge in [-0.25, -0.2) is 8.42 Å². The minimum absolute atomic E-state index is 0.0579. The van der Waals surface area contributed by atoms with E-state index in [-0.39, 0.29) is 12.6 Å². The molecule has 92 valence electrons. The van der Waals surface area contributed by atoms with Gasteiger partial charge >= 0.3 is 0 Å². The molecule has 2 atom stereocenters. The second kappa shape index (κ2) is 3.54. The van der Waals surface area contributed by atoms with E-state index in [0.717, 1.165) is 12.0 Å². The first-order valence-electron chi connectivity index (χ1n) is 5.73. The summed E-state index contributed by atoms with van der Waals surface area (Å²) in [5.74, 6) is 0. The van der Waals surface area contributed by atoms with E-state index in [1.165, 1.54) is 0 Å². The van der Waals surface area contributed by atoms with Crippen molar-refractivity contribution < 1.29 is 13.2 Å². The lowest BCUT2D eigenvalue weighted by Gasteiger charge is -2.20. The number of ether oxygens (including phenoxy) is 1. The Balaban J connectivity index is 1.99. The Labute approximate surface area is 101 Å². The number of sulfone groups is 1. The van der Waals surface area contributed by atoms with Crippen LogP contribution in [0.15, 0.2) is 29.2 Å². The van der Waals surface area contributed by atoms with Gasteiger partial charge in [-0.05, 0) is 25.5 Å². The third-order valence-electron chi connectivity index (χ3n) is 3.58. The van der Waals surface area contributed by atoms with Crippen LogP contribution in [0.1, 0.15) is 12.0 Å². The average Bonchev–Trinajstić information content (AvgIpc) is 3.05. The maximum absolute atomic E-state index is 12.5. The van der Waals surface area contributed by atoms with Crippen LogP contribution in [0.2, 0.25) is 0 Å². The minimum atomic E-state index is -3.34. The number of nitrogens with one attached hydrogen (secondary N) is 1.